The van der Waals surface area contributed by atoms with Gasteiger partial charge in [0.2, 0.25) is 0 Å². The van der Waals surface area contributed by atoms with E-state index in [-0.39, 0.29) is 0 Å². The third kappa shape index (κ3) is 2.02. The summed E-state index contributed by atoms with van der Waals surface area (Å²) in [6.07, 6.45) is 0. The quantitative estimate of drug-likeness (QED) is 0.674. The number of pyridine rings is 1. The van der Waals surface area contributed by atoms with E-state index in [0.717, 1.165) is 21.4 Å². The van der Waals surface area contributed by atoms with Crippen molar-refractivity contribution in [2.45, 2.75) is 6.92 Å². The molecular weight excluding hydrogens is 314 g/mol. The predicted molar refractivity (Wildman–Crippen MR) is 75.9 cm³/mol. The number of benzene rings is 1. The Bertz CT molecular complexity index is 716. The Hall–Kier alpha value is -1.39. The molecule has 0 fully saturated rings. The molecule has 0 aliphatic rings. The molecule has 0 saturated carbocycles. The van der Waals surface area contributed by atoms with Gasteiger partial charge in [0.05, 0.1) is 0 Å². The molecule has 0 bridgehead atoms. The third-order valence-electron chi connectivity index (χ3n) is 2.67. The molecule has 2 heterocycles. The van der Waals surface area contributed by atoms with Crippen LogP contribution in [0.4, 0.5) is 0 Å². The van der Waals surface area contributed by atoms with Crippen molar-refractivity contribution in [2.24, 2.45) is 0 Å². The molecule has 0 aliphatic carbocycles. The predicted octanol–water partition coefficient (Wildman–Crippen LogP) is 4.12. The number of rotatable bonds is 1. The van der Waals surface area contributed by atoms with Crippen LogP contribution in [0.5, 0.6) is 0 Å². The van der Waals surface area contributed by atoms with Gasteiger partial charge in [0, 0.05) is 20.8 Å². The first kappa shape index (κ1) is 11.7. The van der Waals surface area contributed by atoms with Crippen molar-refractivity contribution in [3.8, 4) is 11.4 Å². The zero-order valence-electron chi connectivity index (χ0n) is 9.56. The lowest BCUT2D eigenvalue weighted by Gasteiger charge is -1.98. The van der Waals surface area contributed by atoms with Gasteiger partial charge in [0.1, 0.15) is 0 Å². The average molecular weight is 323 g/mol. The maximum atomic E-state index is 6.04. The van der Waals surface area contributed by atoms with Crippen LogP contribution in [0, 0.1) is 6.92 Å². The number of aryl methyl sites for hydroxylation is 1. The van der Waals surface area contributed by atoms with Gasteiger partial charge < -0.3 is 0 Å². The lowest BCUT2D eigenvalue weighted by molar-refractivity contribution is 0.918. The second-order valence-corrected chi connectivity index (χ2v) is 5.38. The molecule has 5 heteroatoms. The highest BCUT2D eigenvalue weighted by Gasteiger charge is 2.08. The molecule has 3 aromatic rings. The molecule has 0 amide bonds. The van der Waals surface area contributed by atoms with Crippen LogP contribution in [0.25, 0.3) is 17.0 Å². The molecular formula is C13H9BrClN3. The highest BCUT2D eigenvalue weighted by molar-refractivity contribution is 9.10. The molecule has 0 spiro atoms. The van der Waals surface area contributed by atoms with Crippen LogP contribution in [0.15, 0.2) is 40.9 Å². The number of hydrogen-bond acceptors (Lipinski definition) is 2. The molecule has 0 aliphatic heterocycles. The van der Waals surface area contributed by atoms with E-state index in [1.165, 1.54) is 0 Å². The number of aromatic nitrogens is 3. The summed E-state index contributed by atoms with van der Waals surface area (Å²) in [4.78, 5) is 4.50. The number of fused-ring (bicyclic) bond motifs is 1. The monoisotopic (exact) mass is 321 g/mol. The summed E-state index contributed by atoms with van der Waals surface area (Å²) in [7, 11) is 0. The molecule has 2 aromatic heterocycles. The van der Waals surface area contributed by atoms with Crippen molar-refractivity contribution >= 4 is 33.2 Å². The lowest BCUT2D eigenvalue weighted by atomic mass is 10.2. The fourth-order valence-corrected chi connectivity index (χ4v) is 2.70. The van der Waals surface area contributed by atoms with Crippen molar-refractivity contribution in [3.63, 3.8) is 0 Å². The normalized spacial score (nSPS) is 11.1. The first-order valence-electron chi connectivity index (χ1n) is 5.42. The highest BCUT2D eigenvalue weighted by Crippen LogP contribution is 2.25. The van der Waals surface area contributed by atoms with Crippen molar-refractivity contribution in [2.75, 3.05) is 0 Å². The highest BCUT2D eigenvalue weighted by atomic mass is 79.9. The molecule has 0 radical (unpaired) electrons. The third-order valence-corrected chi connectivity index (χ3v) is 3.35. The molecule has 1 aromatic carbocycles. The van der Waals surface area contributed by atoms with E-state index < -0.39 is 0 Å². The summed E-state index contributed by atoms with van der Waals surface area (Å²) < 4.78 is 2.74. The van der Waals surface area contributed by atoms with Gasteiger partial charge >= 0.3 is 0 Å². The SMILES string of the molecule is Cc1cccc2nc(-c3cc(Cl)cc(Br)c3)nn12. The van der Waals surface area contributed by atoms with Crippen LogP contribution in [-0.2, 0) is 0 Å². The smallest absolute Gasteiger partial charge is 0.182 e. The maximum absolute atomic E-state index is 6.04. The molecule has 18 heavy (non-hydrogen) atoms. The van der Waals surface area contributed by atoms with Crippen molar-refractivity contribution in [1.29, 1.82) is 0 Å². The Morgan fingerprint density at radius 2 is 2.06 bits per heavy atom. The van der Waals surface area contributed by atoms with E-state index in [1.54, 1.807) is 0 Å². The fourth-order valence-electron chi connectivity index (χ4n) is 1.84. The molecule has 90 valence electrons. The number of nitrogens with zero attached hydrogens (tertiary/aromatic N) is 3. The largest absolute Gasteiger partial charge is 0.218 e. The number of hydrogen-bond donors (Lipinski definition) is 0. The Morgan fingerprint density at radius 1 is 1.22 bits per heavy atom. The van der Waals surface area contributed by atoms with Gasteiger partial charge in [-0.15, -0.1) is 5.10 Å². The van der Waals surface area contributed by atoms with Gasteiger partial charge in [0.25, 0.3) is 0 Å². The summed E-state index contributed by atoms with van der Waals surface area (Å²) in [5.74, 6) is 0.674. The molecule has 0 unspecified atom stereocenters. The van der Waals surface area contributed by atoms with Crippen LogP contribution in [-0.4, -0.2) is 14.6 Å². The van der Waals surface area contributed by atoms with Crippen LogP contribution in [0.1, 0.15) is 5.69 Å². The Balaban J connectivity index is 2.22. The standard InChI is InChI=1S/C13H9BrClN3/c1-8-3-2-4-12-16-13(17-18(8)12)9-5-10(14)7-11(15)6-9/h2-7H,1H3. The van der Waals surface area contributed by atoms with Crippen LogP contribution >= 0.6 is 27.5 Å². The van der Waals surface area contributed by atoms with Crippen LogP contribution in [0.3, 0.4) is 0 Å². The first-order valence-corrected chi connectivity index (χ1v) is 6.59. The van der Waals surface area contributed by atoms with Gasteiger partial charge in [-0.1, -0.05) is 33.6 Å². The Morgan fingerprint density at radius 3 is 2.78 bits per heavy atom. The summed E-state index contributed by atoms with van der Waals surface area (Å²) >= 11 is 9.46. The zero-order chi connectivity index (χ0) is 12.7. The van der Waals surface area contributed by atoms with Crippen LogP contribution < -0.4 is 0 Å². The molecule has 0 N–H and O–H groups in total. The Labute approximate surface area is 118 Å². The summed E-state index contributed by atoms with van der Waals surface area (Å²) in [5.41, 5.74) is 2.78. The maximum Gasteiger partial charge on any atom is 0.182 e. The van der Waals surface area contributed by atoms with Gasteiger partial charge in [-0.3, -0.25) is 0 Å². The number of halogens is 2. The van der Waals surface area contributed by atoms with Gasteiger partial charge in [-0.2, -0.15) is 0 Å². The second-order valence-electron chi connectivity index (χ2n) is 4.03. The average Bonchev–Trinajstić information content (AvgIpc) is 2.73. The van der Waals surface area contributed by atoms with E-state index in [4.69, 9.17) is 11.6 Å². The molecule has 3 nitrogen and oxygen atoms in total. The molecule has 3 rings (SSSR count). The van der Waals surface area contributed by atoms with E-state index in [9.17, 15) is 0 Å². The topological polar surface area (TPSA) is 30.2 Å². The van der Waals surface area contributed by atoms with Crippen molar-refractivity contribution in [1.82, 2.24) is 14.6 Å². The molecule has 0 saturated heterocycles. The second kappa shape index (κ2) is 4.37. The lowest BCUT2D eigenvalue weighted by Crippen LogP contribution is -1.91. The van der Waals surface area contributed by atoms with E-state index in [1.807, 2.05) is 47.8 Å². The van der Waals surface area contributed by atoms with Gasteiger partial charge in [-0.25, -0.2) is 9.50 Å². The first-order chi connectivity index (χ1) is 8.63. The minimum atomic E-state index is 0.662. The molecule has 0 atom stereocenters. The van der Waals surface area contributed by atoms with E-state index >= 15 is 0 Å². The van der Waals surface area contributed by atoms with Crippen molar-refractivity contribution < 1.29 is 0 Å². The van der Waals surface area contributed by atoms with E-state index in [2.05, 4.69) is 26.0 Å². The van der Waals surface area contributed by atoms with Gasteiger partial charge in [0.15, 0.2) is 11.5 Å². The van der Waals surface area contributed by atoms with Crippen LogP contribution in [0.2, 0.25) is 5.02 Å². The Kier molecular flexibility index (Phi) is 2.84. The minimum Gasteiger partial charge on any atom is -0.218 e. The summed E-state index contributed by atoms with van der Waals surface area (Å²) in [5, 5.41) is 5.15. The summed E-state index contributed by atoms with van der Waals surface area (Å²) in [6.45, 7) is 2.00. The summed E-state index contributed by atoms with van der Waals surface area (Å²) in [6, 6.07) is 11.6. The van der Waals surface area contributed by atoms with Gasteiger partial charge in [-0.05, 0) is 37.3 Å². The fraction of sp³-hybridized carbons (Fsp3) is 0.0769. The van der Waals surface area contributed by atoms with Crippen molar-refractivity contribution in [3.05, 3.63) is 51.6 Å². The van der Waals surface area contributed by atoms with E-state index in [0.29, 0.717) is 10.8 Å². The minimum absolute atomic E-state index is 0.662. The zero-order valence-corrected chi connectivity index (χ0v) is 11.9.